The van der Waals surface area contributed by atoms with E-state index in [-0.39, 0.29) is 22.1 Å². The van der Waals surface area contributed by atoms with Crippen LogP contribution >= 0.6 is 11.6 Å². The van der Waals surface area contributed by atoms with E-state index in [0.717, 1.165) is 5.56 Å². The molecule has 0 amide bonds. The number of carboxylic acids is 1. The Morgan fingerprint density at radius 1 is 0.970 bits per heavy atom. The molecule has 0 saturated heterocycles. The topological polar surface area (TPSA) is 94.4 Å². The highest BCUT2D eigenvalue weighted by atomic mass is 35.5. The minimum Gasteiger partial charge on any atom is -0.497 e. The van der Waals surface area contributed by atoms with E-state index in [2.05, 4.69) is 4.99 Å². The van der Waals surface area contributed by atoms with Crippen LogP contribution in [-0.2, 0) is 4.79 Å². The summed E-state index contributed by atoms with van der Waals surface area (Å²) >= 11 is 6.33. The highest BCUT2D eigenvalue weighted by Gasteiger charge is 2.14. The van der Waals surface area contributed by atoms with Crippen LogP contribution < -0.4 is 14.2 Å². The molecule has 3 rings (SSSR count). The van der Waals surface area contributed by atoms with Crippen molar-refractivity contribution in [1.29, 1.82) is 0 Å². The van der Waals surface area contributed by atoms with Gasteiger partial charge in [-0.25, -0.2) is 9.59 Å². The lowest BCUT2D eigenvalue weighted by atomic mass is 10.2. The minimum atomic E-state index is -1.01. The molecule has 0 heterocycles. The van der Waals surface area contributed by atoms with Crippen molar-refractivity contribution < 1.29 is 28.9 Å². The Bertz CT molecular complexity index is 1220. The molecule has 168 valence electrons. The average Bonchev–Trinajstić information content (AvgIpc) is 2.83. The molecule has 7 nitrogen and oxygen atoms in total. The van der Waals surface area contributed by atoms with E-state index in [1.54, 1.807) is 55.8 Å². The number of ether oxygens (including phenoxy) is 3. The summed E-state index contributed by atoms with van der Waals surface area (Å²) in [6.07, 6.45) is 4.42. The zero-order valence-electron chi connectivity index (χ0n) is 17.8. The Labute approximate surface area is 195 Å². The summed E-state index contributed by atoms with van der Waals surface area (Å²) in [5, 5.41) is 9.13. The summed E-state index contributed by atoms with van der Waals surface area (Å²) in [6, 6.07) is 16.5. The molecule has 3 aromatic carbocycles. The predicted molar refractivity (Wildman–Crippen MR) is 126 cm³/mol. The molecule has 33 heavy (non-hydrogen) atoms. The third-order valence-electron chi connectivity index (χ3n) is 4.44. The Kier molecular flexibility index (Phi) is 7.83. The van der Waals surface area contributed by atoms with Crippen LogP contribution in [0.4, 0.5) is 5.69 Å². The third kappa shape index (κ3) is 6.44. The first kappa shape index (κ1) is 23.6. The van der Waals surface area contributed by atoms with E-state index in [4.69, 9.17) is 30.9 Å². The fourth-order valence-electron chi connectivity index (χ4n) is 2.80. The second kappa shape index (κ2) is 11.0. The Balaban J connectivity index is 1.74. The van der Waals surface area contributed by atoms with Crippen LogP contribution in [0.3, 0.4) is 0 Å². The van der Waals surface area contributed by atoms with Gasteiger partial charge in [0.15, 0.2) is 11.5 Å². The first-order valence-corrected chi connectivity index (χ1v) is 10.1. The number of esters is 1. The first-order valence-electron chi connectivity index (χ1n) is 9.68. The summed E-state index contributed by atoms with van der Waals surface area (Å²) in [7, 11) is 3.00. The molecule has 0 aliphatic rings. The monoisotopic (exact) mass is 465 g/mol. The maximum Gasteiger partial charge on any atom is 0.336 e. The summed E-state index contributed by atoms with van der Waals surface area (Å²) in [5.74, 6) is -0.621. The standard InChI is InChI=1S/C25H20ClNO6/c1-31-20-5-3-4-16(12-20)6-11-23(28)33-24-21(26)13-17(14-22(24)32-2)15-27-19-9-7-18(8-10-19)25(29)30/h3-15H,1-2H3,(H,29,30)/b11-6+,27-15?. The van der Waals surface area contributed by atoms with Crippen LogP contribution in [0.15, 0.2) is 71.7 Å². The lowest BCUT2D eigenvalue weighted by Crippen LogP contribution is -2.06. The number of halogens is 1. The van der Waals surface area contributed by atoms with Crippen LogP contribution in [0.5, 0.6) is 17.2 Å². The van der Waals surface area contributed by atoms with Gasteiger partial charge >= 0.3 is 11.9 Å². The van der Waals surface area contributed by atoms with Gasteiger partial charge in [0.1, 0.15) is 5.75 Å². The van der Waals surface area contributed by atoms with Gasteiger partial charge in [-0.05, 0) is 65.7 Å². The molecule has 0 bridgehead atoms. The van der Waals surface area contributed by atoms with E-state index >= 15 is 0 Å². The van der Waals surface area contributed by atoms with E-state index < -0.39 is 11.9 Å². The lowest BCUT2D eigenvalue weighted by Gasteiger charge is -2.11. The molecule has 0 atom stereocenters. The molecule has 0 radical (unpaired) electrons. The minimum absolute atomic E-state index is 0.0856. The highest BCUT2D eigenvalue weighted by molar-refractivity contribution is 6.32. The molecule has 3 aromatic rings. The number of carbonyl (C=O) groups excluding carboxylic acids is 1. The number of carboxylic acid groups (broad SMARTS) is 1. The van der Waals surface area contributed by atoms with Crippen molar-refractivity contribution in [2.45, 2.75) is 0 Å². The number of aromatic carboxylic acids is 1. The number of benzene rings is 3. The molecular formula is C25H20ClNO6. The molecule has 1 N–H and O–H groups in total. The van der Waals surface area contributed by atoms with Gasteiger partial charge in [0, 0.05) is 12.3 Å². The largest absolute Gasteiger partial charge is 0.497 e. The first-order chi connectivity index (χ1) is 15.9. The number of hydrogen-bond donors (Lipinski definition) is 1. The molecular weight excluding hydrogens is 446 g/mol. The molecule has 0 fully saturated rings. The van der Waals surface area contributed by atoms with Crippen LogP contribution in [0, 0.1) is 0 Å². The molecule has 0 unspecified atom stereocenters. The van der Waals surface area contributed by atoms with Crippen molar-refractivity contribution >= 4 is 41.5 Å². The smallest absolute Gasteiger partial charge is 0.336 e. The number of hydrogen-bond acceptors (Lipinski definition) is 6. The molecule has 0 spiro atoms. The summed E-state index contributed by atoms with van der Waals surface area (Å²) in [6.45, 7) is 0. The zero-order valence-corrected chi connectivity index (χ0v) is 18.6. The number of carbonyl (C=O) groups is 2. The van der Waals surface area contributed by atoms with Gasteiger partial charge in [-0.2, -0.15) is 0 Å². The fraction of sp³-hybridized carbons (Fsp3) is 0.0800. The van der Waals surface area contributed by atoms with Gasteiger partial charge in [0.2, 0.25) is 0 Å². The number of aliphatic imine (C=N–C) groups is 1. The van der Waals surface area contributed by atoms with Crippen LogP contribution in [0.2, 0.25) is 5.02 Å². The lowest BCUT2D eigenvalue weighted by molar-refractivity contribution is -0.129. The zero-order chi connectivity index (χ0) is 23.8. The quantitative estimate of drug-likeness (QED) is 0.206. The molecule has 0 aromatic heterocycles. The van der Waals surface area contributed by atoms with Crippen molar-refractivity contribution in [3.8, 4) is 17.2 Å². The predicted octanol–water partition coefficient (Wildman–Crippen LogP) is 5.42. The van der Waals surface area contributed by atoms with Crippen molar-refractivity contribution in [1.82, 2.24) is 0 Å². The van der Waals surface area contributed by atoms with E-state index in [9.17, 15) is 9.59 Å². The van der Waals surface area contributed by atoms with E-state index in [0.29, 0.717) is 17.0 Å². The van der Waals surface area contributed by atoms with Crippen LogP contribution in [0.1, 0.15) is 21.5 Å². The van der Waals surface area contributed by atoms with Gasteiger partial charge < -0.3 is 19.3 Å². The second-order valence-electron chi connectivity index (χ2n) is 6.68. The van der Waals surface area contributed by atoms with E-state index in [1.807, 2.05) is 12.1 Å². The number of nitrogens with zero attached hydrogens (tertiary/aromatic N) is 1. The fourth-order valence-corrected chi connectivity index (χ4v) is 3.05. The maximum absolute atomic E-state index is 12.3. The normalized spacial score (nSPS) is 11.0. The molecule has 8 heteroatoms. The van der Waals surface area contributed by atoms with Gasteiger partial charge in [-0.15, -0.1) is 0 Å². The van der Waals surface area contributed by atoms with Gasteiger partial charge in [0.25, 0.3) is 0 Å². The molecule has 0 saturated carbocycles. The van der Waals surface area contributed by atoms with Gasteiger partial charge in [-0.3, -0.25) is 4.99 Å². The second-order valence-corrected chi connectivity index (χ2v) is 7.08. The van der Waals surface area contributed by atoms with Gasteiger partial charge in [-0.1, -0.05) is 23.7 Å². The summed E-state index contributed by atoms with van der Waals surface area (Å²) in [4.78, 5) is 27.5. The van der Waals surface area contributed by atoms with Crippen LogP contribution in [-0.4, -0.2) is 37.5 Å². The number of rotatable bonds is 8. The Hall–Kier alpha value is -4.10. The van der Waals surface area contributed by atoms with Crippen molar-refractivity contribution in [3.05, 3.63) is 88.5 Å². The van der Waals surface area contributed by atoms with Crippen molar-refractivity contribution in [3.63, 3.8) is 0 Å². The average molecular weight is 466 g/mol. The SMILES string of the molecule is COc1cccc(/C=C/C(=O)Oc2c(Cl)cc(C=Nc3ccc(C(=O)O)cc3)cc2OC)c1. The van der Waals surface area contributed by atoms with Gasteiger partial charge in [0.05, 0.1) is 30.5 Å². The van der Waals surface area contributed by atoms with E-state index in [1.165, 1.54) is 25.3 Å². The summed E-state index contributed by atoms with van der Waals surface area (Å²) in [5.41, 5.74) is 2.11. The maximum atomic E-state index is 12.3. The number of methoxy groups -OCH3 is 2. The highest BCUT2D eigenvalue weighted by Crippen LogP contribution is 2.36. The van der Waals surface area contributed by atoms with Crippen LogP contribution in [0.25, 0.3) is 6.08 Å². The Morgan fingerprint density at radius 2 is 1.73 bits per heavy atom. The Morgan fingerprint density at radius 3 is 2.39 bits per heavy atom. The molecule has 0 aliphatic carbocycles. The summed E-state index contributed by atoms with van der Waals surface area (Å²) < 4.78 is 15.9. The molecule has 0 aliphatic heterocycles. The third-order valence-corrected chi connectivity index (χ3v) is 4.72. The van der Waals surface area contributed by atoms with Crippen molar-refractivity contribution in [2.75, 3.05) is 14.2 Å². The van der Waals surface area contributed by atoms with Crippen molar-refractivity contribution in [2.24, 2.45) is 4.99 Å².